The average molecular weight is 529 g/mol. The highest BCUT2D eigenvalue weighted by molar-refractivity contribution is 7.44. The summed E-state index contributed by atoms with van der Waals surface area (Å²) in [7, 11) is -0.267. The lowest BCUT2D eigenvalue weighted by molar-refractivity contribution is -0.132. The van der Waals surface area contributed by atoms with Gasteiger partial charge in [0.2, 0.25) is 12.5 Å². The van der Waals surface area contributed by atoms with Gasteiger partial charge in [0.15, 0.2) is 6.23 Å². The predicted molar refractivity (Wildman–Crippen MR) is 135 cm³/mol. The first-order chi connectivity index (χ1) is 17.4. The molecule has 1 fully saturated rings. The number of ether oxygens (including phenoxy) is 2. The lowest BCUT2D eigenvalue weighted by Gasteiger charge is -2.38. The zero-order valence-corrected chi connectivity index (χ0v) is 22.8. The zero-order chi connectivity index (χ0) is 27.9. The number of aromatic nitrogens is 2. The molecule has 0 spiro atoms. The van der Waals surface area contributed by atoms with Crippen LogP contribution in [0.1, 0.15) is 54.2 Å². The Morgan fingerprint density at radius 2 is 2.03 bits per heavy atom. The van der Waals surface area contributed by atoms with Crippen molar-refractivity contribution in [2.75, 3.05) is 26.8 Å². The summed E-state index contributed by atoms with van der Waals surface area (Å²) in [6.45, 7) is 18.2. The average Bonchev–Trinajstić information content (AvgIpc) is 3.17. The van der Waals surface area contributed by atoms with Crippen molar-refractivity contribution in [3.63, 3.8) is 0 Å². The van der Waals surface area contributed by atoms with E-state index in [1.165, 1.54) is 17.8 Å². The van der Waals surface area contributed by atoms with Crippen molar-refractivity contribution in [1.29, 1.82) is 0 Å². The first kappa shape index (κ1) is 28.4. The molecule has 2 rings (SSSR count). The Balaban J connectivity index is 2.55. The second-order valence-corrected chi connectivity index (χ2v) is 10.2. The molecule has 1 aliphatic rings. The van der Waals surface area contributed by atoms with Crippen LogP contribution >= 0.6 is 8.53 Å². The molecule has 1 aliphatic heterocycles. The fourth-order valence-corrected chi connectivity index (χ4v) is 5.61. The second kappa shape index (κ2) is 14.0. The molecule has 0 radical (unpaired) electrons. The molecule has 202 valence electrons. The Morgan fingerprint density at radius 1 is 1.36 bits per heavy atom. The Hall–Kier alpha value is -2.13. The third-order valence-corrected chi connectivity index (χ3v) is 7.65. The van der Waals surface area contributed by atoms with Gasteiger partial charge in [-0.3, -0.25) is 19.1 Å². The SMILES string of the molecule is [2H]C(C)[C@H]1O[C@@H](n2cc(C)c(=O)[nH]c2=O)[C@H](OCC(=O)NC)[C@@H]1OP(OCC[N+]#[C-])N(C(C)C)C(C)C. The van der Waals surface area contributed by atoms with Crippen molar-refractivity contribution in [2.24, 2.45) is 0 Å². The number of nitrogens with zero attached hydrogens (tertiary/aromatic N) is 3. The van der Waals surface area contributed by atoms with Gasteiger partial charge in [-0.05, 0) is 41.0 Å². The number of carbonyl (C=O) groups is 1. The molecule has 1 saturated heterocycles. The fourth-order valence-electron chi connectivity index (χ4n) is 3.87. The molecule has 0 aromatic carbocycles. The first-order valence-corrected chi connectivity index (χ1v) is 13.0. The summed E-state index contributed by atoms with van der Waals surface area (Å²) in [5.74, 6) is -0.397. The van der Waals surface area contributed by atoms with Gasteiger partial charge in [0, 0.05) is 32.3 Å². The maximum atomic E-state index is 12.7. The number of H-pyrrole nitrogens is 1. The van der Waals surface area contributed by atoms with Gasteiger partial charge in [-0.25, -0.2) is 16.0 Å². The van der Waals surface area contributed by atoms with Crippen molar-refractivity contribution in [3.8, 4) is 0 Å². The minimum Gasteiger partial charge on any atom is -0.361 e. The van der Waals surface area contributed by atoms with Gasteiger partial charge in [-0.2, -0.15) is 0 Å². The van der Waals surface area contributed by atoms with Crippen LogP contribution in [0.25, 0.3) is 4.85 Å². The van der Waals surface area contributed by atoms with Crippen LogP contribution in [0.2, 0.25) is 0 Å². The van der Waals surface area contributed by atoms with Gasteiger partial charge < -0.3 is 28.7 Å². The van der Waals surface area contributed by atoms with Crippen LogP contribution in [0, 0.1) is 13.5 Å². The smallest absolute Gasteiger partial charge is 0.330 e. The fraction of sp³-hybridized carbons (Fsp3) is 0.739. The van der Waals surface area contributed by atoms with Crippen LogP contribution in [0.5, 0.6) is 0 Å². The van der Waals surface area contributed by atoms with Gasteiger partial charge in [-0.15, -0.1) is 0 Å². The molecule has 13 heteroatoms. The number of nitrogens with one attached hydrogen (secondary N) is 2. The molecule has 36 heavy (non-hydrogen) atoms. The van der Waals surface area contributed by atoms with Crippen molar-refractivity contribution in [3.05, 3.63) is 44.0 Å². The summed E-state index contributed by atoms with van der Waals surface area (Å²) in [5, 5.41) is 2.49. The minimum atomic E-state index is -1.74. The van der Waals surface area contributed by atoms with Gasteiger partial charge >= 0.3 is 5.69 Å². The first-order valence-electron chi connectivity index (χ1n) is 12.4. The molecule has 0 aliphatic carbocycles. The van der Waals surface area contributed by atoms with Crippen LogP contribution in [0.15, 0.2) is 15.8 Å². The number of carbonyl (C=O) groups excluding carboxylic acids is 1. The summed E-state index contributed by atoms with van der Waals surface area (Å²) in [6, 6.07) is 0.0532. The molecule has 0 bridgehead atoms. The Bertz CT molecular complexity index is 1050. The minimum absolute atomic E-state index is 0.0266. The third kappa shape index (κ3) is 7.44. The van der Waals surface area contributed by atoms with Gasteiger partial charge in [0.1, 0.15) is 25.4 Å². The molecule has 6 atom stereocenters. The molecule has 0 saturated carbocycles. The molecule has 2 heterocycles. The summed E-state index contributed by atoms with van der Waals surface area (Å²) >= 11 is 0. The molecule has 1 aromatic rings. The van der Waals surface area contributed by atoms with E-state index < -0.39 is 56.6 Å². The Morgan fingerprint density at radius 3 is 2.58 bits per heavy atom. The predicted octanol–water partition coefficient (Wildman–Crippen LogP) is 1.95. The van der Waals surface area contributed by atoms with Crippen molar-refractivity contribution < 1.29 is 24.7 Å². The summed E-state index contributed by atoms with van der Waals surface area (Å²) in [6.07, 6.45) is -3.27. The van der Waals surface area contributed by atoms with Crippen LogP contribution in [0.3, 0.4) is 0 Å². The van der Waals surface area contributed by atoms with Crippen molar-refractivity contribution in [1.82, 2.24) is 19.5 Å². The molecular formula is C23H38N5O7P. The topological polar surface area (TPSA) is 128 Å². The van der Waals surface area contributed by atoms with E-state index in [1.807, 2.05) is 32.4 Å². The highest BCUT2D eigenvalue weighted by atomic mass is 31.2. The second-order valence-electron chi connectivity index (χ2n) is 8.84. The number of hydrogen-bond donors (Lipinski definition) is 2. The molecule has 2 N–H and O–H groups in total. The summed E-state index contributed by atoms with van der Waals surface area (Å²) in [5.41, 5.74) is -0.960. The largest absolute Gasteiger partial charge is 0.361 e. The molecule has 12 nitrogen and oxygen atoms in total. The van der Waals surface area contributed by atoms with Gasteiger partial charge in [-0.1, -0.05) is 6.92 Å². The highest BCUT2D eigenvalue weighted by Gasteiger charge is 2.49. The zero-order valence-electron chi connectivity index (χ0n) is 22.9. The number of likely N-dealkylation sites (N-methyl/N-ethyl adjacent to an activating group) is 1. The van der Waals surface area contributed by atoms with E-state index in [0.717, 1.165) is 0 Å². The van der Waals surface area contributed by atoms with Gasteiger partial charge in [0.05, 0.1) is 6.10 Å². The van der Waals surface area contributed by atoms with E-state index >= 15 is 0 Å². The maximum Gasteiger partial charge on any atom is 0.330 e. The Labute approximate surface area is 214 Å². The number of aromatic amines is 1. The van der Waals surface area contributed by atoms with E-state index in [-0.39, 0.29) is 37.4 Å². The normalized spacial score (nSPS) is 24.1. The maximum absolute atomic E-state index is 12.7. The van der Waals surface area contributed by atoms with Gasteiger partial charge in [0.25, 0.3) is 14.1 Å². The number of rotatable bonds is 13. The number of hydrogen-bond acceptors (Lipinski definition) is 8. The number of aryl methyl sites for hydroxylation is 1. The Kier molecular flexibility index (Phi) is 11.0. The lowest BCUT2D eigenvalue weighted by atomic mass is 10.1. The van der Waals surface area contributed by atoms with E-state index in [4.69, 9.17) is 26.5 Å². The lowest BCUT2D eigenvalue weighted by Crippen LogP contribution is -2.43. The van der Waals surface area contributed by atoms with Crippen molar-refractivity contribution in [2.45, 2.75) is 84.6 Å². The highest BCUT2D eigenvalue weighted by Crippen LogP contribution is 2.50. The van der Waals surface area contributed by atoms with Crippen LogP contribution < -0.4 is 16.6 Å². The monoisotopic (exact) mass is 528 g/mol. The van der Waals surface area contributed by atoms with E-state index in [2.05, 4.69) is 15.1 Å². The van der Waals surface area contributed by atoms with Crippen LogP contribution in [0.4, 0.5) is 0 Å². The van der Waals surface area contributed by atoms with Crippen LogP contribution in [-0.2, 0) is 23.3 Å². The standard InChI is InChI=1S/C23H38N5O7P/c1-9-17-19(35-36(33-11-10-24-7)28(14(2)3)15(4)5)20(32-13-18(29)25-8)22(34-17)27-12-16(6)21(30)26-23(27)31/h12,14-15,17,19-20,22H,9-11,13H2,1-6,8H3,(H,25,29)(H,26,30,31)/t17-,19-,20-,22-,36?/m1/s1/i9D/t9?,17-,19-,20-,22-,36?. The summed E-state index contributed by atoms with van der Waals surface area (Å²) < 4.78 is 36.3. The molecular weight excluding hydrogens is 489 g/mol. The van der Waals surface area contributed by atoms with E-state index in [0.29, 0.717) is 0 Å². The number of amides is 1. The van der Waals surface area contributed by atoms with Crippen molar-refractivity contribution >= 4 is 14.4 Å². The summed E-state index contributed by atoms with van der Waals surface area (Å²) in [4.78, 5) is 42.4. The van der Waals surface area contributed by atoms with E-state index in [9.17, 15) is 14.4 Å². The molecule has 2 unspecified atom stereocenters. The third-order valence-electron chi connectivity index (χ3n) is 5.52. The molecule has 1 aromatic heterocycles. The molecule has 1 amide bonds. The van der Waals surface area contributed by atoms with E-state index in [1.54, 1.807) is 13.8 Å². The quantitative estimate of drug-likeness (QED) is 0.226. The van der Waals surface area contributed by atoms with Crippen LogP contribution in [-0.4, -0.2) is 77.3 Å².